The molecule has 0 aromatic heterocycles. The van der Waals surface area contributed by atoms with Gasteiger partial charge in [0.15, 0.2) is 0 Å². The molecule has 0 amide bonds. The Balaban J connectivity index is 2.03. The van der Waals surface area contributed by atoms with Crippen molar-refractivity contribution in [3.63, 3.8) is 0 Å². The smallest absolute Gasteiger partial charge is 0.318 e. The molecule has 0 bridgehead atoms. The van der Waals surface area contributed by atoms with Crippen molar-refractivity contribution >= 4 is 11.9 Å². The van der Waals surface area contributed by atoms with Crippen LogP contribution in [0.25, 0.3) is 0 Å². The Hall–Kier alpha value is -3.22. The second kappa shape index (κ2) is 9.47. The first kappa shape index (κ1) is 20.1. The first-order valence-electron chi connectivity index (χ1n) is 8.15. The van der Waals surface area contributed by atoms with Crippen LogP contribution < -0.4 is 18.9 Å². The SMILES string of the molecule is COc1cc(CC(=O)OC(=O)Cc2cc(OC)ccc2OC)cc(OC)c1. The van der Waals surface area contributed by atoms with Gasteiger partial charge >= 0.3 is 11.9 Å². The van der Waals surface area contributed by atoms with E-state index in [2.05, 4.69) is 0 Å². The van der Waals surface area contributed by atoms with Gasteiger partial charge in [0.2, 0.25) is 0 Å². The molecule has 0 aliphatic rings. The lowest BCUT2D eigenvalue weighted by atomic mass is 10.1. The minimum Gasteiger partial charge on any atom is -0.497 e. The zero-order chi connectivity index (χ0) is 19.8. The van der Waals surface area contributed by atoms with E-state index in [1.54, 1.807) is 36.4 Å². The molecule has 0 unspecified atom stereocenters. The molecule has 144 valence electrons. The molecule has 0 heterocycles. The second-order valence-electron chi connectivity index (χ2n) is 5.60. The van der Waals surface area contributed by atoms with Gasteiger partial charge in [0.05, 0.1) is 41.3 Å². The summed E-state index contributed by atoms with van der Waals surface area (Å²) in [4.78, 5) is 24.2. The Morgan fingerprint density at radius 1 is 0.704 bits per heavy atom. The highest BCUT2D eigenvalue weighted by molar-refractivity contribution is 5.88. The van der Waals surface area contributed by atoms with Crippen LogP contribution in [0.15, 0.2) is 36.4 Å². The number of benzene rings is 2. The zero-order valence-corrected chi connectivity index (χ0v) is 15.7. The molecular weight excluding hydrogens is 352 g/mol. The van der Waals surface area contributed by atoms with Gasteiger partial charge in [0.1, 0.15) is 23.0 Å². The van der Waals surface area contributed by atoms with E-state index in [9.17, 15) is 9.59 Å². The van der Waals surface area contributed by atoms with Crippen molar-refractivity contribution in [2.45, 2.75) is 12.8 Å². The van der Waals surface area contributed by atoms with E-state index in [1.807, 2.05) is 0 Å². The Labute approximate surface area is 157 Å². The lowest BCUT2D eigenvalue weighted by Crippen LogP contribution is -2.16. The summed E-state index contributed by atoms with van der Waals surface area (Å²) < 4.78 is 25.6. The molecule has 0 radical (unpaired) electrons. The maximum atomic E-state index is 12.1. The minimum atomic E-state index is -0.679. The average molecular weight is 374 g/mol. The normalized spacial score (nSPS) is 10.1. The quantitative estimate of drug-likeness (QED) is 0.519. The van der Waals surface area contributed by atoms with Crippen molar-refractivity contribution in [2.24, 2.45) is 0 Å². The number of rotatable bonds is 8. The van der Waals surface area contributed by atoms with Gasteiger partial charge in [0, 0.05) is 11.6 Å². The Morgan fingerprint density at radius 3 is 1.85 bits per heavy atom. The van der Waals surface area contributed by atoms with Crippen LogP contribution in [0, 0.1) is 0 Å². The molecule has 0 N–H and O–H groups in total. The van der Waals surface area contributed by atoms with Gasteiger partial charge in [0.25, 0.3) is 0 Å². The van der Waals surface area contributed by atoms with Crippen LogP contribution in [0.2, 0.25) is 0 Å². The molecule has 7 heteroatoms. The van der Waals surface area contributed by atoms with E-state index in [0.717, 1.165) is 0 Å². The predicted octanol–water partition coefficient (Wildman–Crippen LogP) is 2.58. The van der Waals surface area contributed by atoms with E-state index >= 15 is 0 Å². The van der Waals surface area contributed by atoms with E-state index in [4.69, 9.17) is 23.7 Å². The summed E-state index contributed by atoms with van der Waals surface area (Å²) >= 11 is 0. The first-order chi connectivity index (χ1) is 13.0. The summed E-state index contributed by atoms with van der Waals surface area (Å²) in [6.45, 7) is 0. The summed E-state index contributed by atoms with van der Waals surface area (Å²) in [5, 5.41) is 0. The van der Waals surface area contributed by atoms with Crippen LogP contribution in [-0.2, 0) is 27.2 Å². The van der Waals surface area contributed by atoms with E-state index < -0.39 is 11.9 Å². The van der Waals surface area contributed by atoms with Gasteiger partial charge in [-0.05, 0) is 35.9 Å². The molecule has 0 saturated carbocycles. The van der Waals surface area contributed by atoms with Gasteiger partial charge < -0.3 is 23.7 Å². The van der Waals surface area contributed by atoms with Gasteiger partial charge in [-0.25, -0.2) is 0 Å². The molecule has 0 spiro atoms. The highest BCUT2D eigenvalue weighted by Crippen LogP contribution is 2.25. The molecular formula is C20H22O7. The summed E-state index contributed by atoms with van der Waals surface area (Å²) in [5.41, 5.74) is 1.18. The van der Waals surface area contributed by atoms with Crippen molar-refractivity contribution < 1.29 is 33.3 Å². The Morgan fingerprint density at radius 2 is 1.30 bits per heavy atom. The topological polar surface area (TPSA) is 80.3 Å². The molecule has 0 atom stereocenters. The summed E-state index contributed by atoms with van der Waals surface area (Å²) in [5.74, 6) is 0.832. The molecule has 27 heavy (non-hydrogen) atoms. The monoisotopic (exact) mass is 374 g/mol. The van der Waals surface area contributed by atoms with Crippen molar-refractivity contribution in [1.29, 1.82) is 0 Å². The molecule has 0 aliphatic heterocycles. The lowest BCUT2D eigenvalue weighted by Gasteiger charge is -2.10. The third-order valence-corrected chi connectivity index (χ3v) is 3.81. The van der Waals surface area contributed by atoms with Crippen molar-refractivity contribution in [1.82, 2.24) is 0 Å². The number of methoxy groups -OCH3 is 4. The fourth-order valence-electron chi connectivity index (χ4n) is 2.51. The number of hydrogen-bond donors (Lipinski definition) is 0. The average Bonchev–Trinajstić information content (AvgIpc) is 2.67. The molecule has 2 aromatic carbocycles. The van der Waals surface area contributed by atoms with E-state index in [1.165, 1.54) is 28.4 Å². The van der Waals surface area contributed by atoms with Crippen molar-refractivity contribution in [3.8, 4) is 23.0 Å². The van der Waals surface area contributed by atoms with E-state index in [-0.39, 0.29) is 12.8 Å². The Kier molecular flexibility index (Phi) is 7.05. The first-order valence-corrected chi connectivity index (χ1v) is 8.15. The number of hydrogen-bond acceptors (Lipinski definition) is 7. The molecule has 0 fully saturated rings. The highest BCUT2D eigenvalue weighted by atomic mass is 16.6. The van der Waals surface area contributed by atoms with Crippen LogP contribution >= 0.6 is 0 Å². The molecule has 2 rings (SSSR count). The standard InChI is InChI=1S/C20H22O7/c1-23-15-5-6-18(26-4)14(10-15)11-20(22)27-19(21)9-13-7-16(24-2)12-17(8-13)25-3/h5-8,10,12H,9,11H2,1-4H3. The third-order valence-electron chi connectivity index (χ3n) is 3.81. The fraction of sp³-hybridized carbons (Fsp3) is 0.300. The molecule has 0 aliphatic carbocycles. The van der Waals surface area contributed by atoms with Crippen LogP contribution in [0.1, 0.15) is 11.1 Å². The zero-order valence-electron chi connectivity index (χ0n) is 15.7. The number of esters is 2. The summed E-state index contributed by atoms with van der Waals surface area (Å²) in [6, 6.07) is 10.1. The molecule has 0 saturated heterocycles. The fourth-order valence-corrected chi connectivity index (χ4v) is 2.51. The van der Waals surface area contributed by atoms with E-state index in [0.29, 0.717) is 34.1 Å². The van der Waals surface area contributed by atoms with Gasteiger partial charge in [-0.15, -0.1) is 0 Å². The maximum Gasteiger partial charge on any atom is 0.318 e. The van der Waals surface area contributed by atoms with Gasteiger partial charge in [-0.2, -0.15) is 0 Å². The number of carbonyl (C=O) groups excluding carboxylic acids is 2. The second-order valence-corrected chi connectivity index (χ2v) is 5.60. The maximum absolute atomic E-state index is 12.1. The van der Waals surface area contributed by atoms with Crippen LogP contribution in [0.3, 0.4) is 0 Å². The van der Waals surface area contributed by atoms with Crippen molar-refractivity contribution in [2.75, 3.05) is 28.4 Å². The lowest BCUT2D eigenvalue weighted by molar-refractivity contribution is -0.158. The molecule has 2 aromatic rings. The van der Waals surface area contributed by atoms with Gasteiger partial charge in [-0.3, -0.25) is 9.59 Å². The number of carbonyl (C=O) groups is 2. The molecule has 7 nitrogen and oxygen atoms in total. The highest BCUT2D eigenvalue weighted by Gasteiger charge is 2.16. The summed E-state index contributed by atoms with van der Waals surface area (Å²) in [7, 11) is 6.05. The van der Waals surface area contributed by atoms with Crippen LogP contribution in [0.5, 0.6) is 23.0 Å². The number of ether oxygens (including phenoxy) is 5. The largest absolute Gasteiger partial charge is 0.497 e. The summed E-state index contributed by atoms with van der Waals surface area (Å²) in [6.07, 6.45) is -0.206. The third kappa shape index (κ3) is 5.64. The minimum absolute atomic E-state index is 0.0887. The predicted molar refractivity (Wildman–Crippen MR) is 97.6 cm³/mol. The Bertz CT molecular complexity index is 792. The van der Waals surface area contributed by atoms with Crippen LogP contribution in [0.4, 0.5) is 0 Å². The van der Waals surface area contributed by atoms with Crippen molar-refractivity contribution in [3.05, 3.63) is 47.5 Å². The van der Waals surface area contributed by atoms with Gasteiger partial charge in [-0.1, -0.05) is 0 Å². The van der Waals surface area contributed by atoms with Crippen LogP contribution in [-0.4, -0.2) is 40.4 Å².